The minimum absolute atomic E-state index is 0.528. The van der Waals surface area contributed by atoms with Crippen LogP contribution in [0, 0.1) is 0 Å². The van der Waals surface area contributed by atoms with Crippen LogP contribution in [-0.4, -0.2) is 23.8 Å². The third kappa shape index (κ3) is 5.40. The molecule has 14 heavy (non-hydrogen) atoms. The summed E-state index contributed by atoms with van der Waals surface area (Å²) >= 11 is 0. The molecule has 0 amide bonds. The highest BCUT2D eigenvalue weighted by atomic mass is 16.3. The number of nitrogens with one attached hydrogen (secondary N) is 1. The highest BCUT2D eigenvalue weighted by Crippen LogP contribution is 2.19. The van der Waals surface area contributed by atoms with Gasteiger partial charge in [-0.2, -0.15) is 0 Å². The first-order valence-electron chi connectivity index (χ1n) is 5.69. The third-order valence-corrected chi connectivity index (χ3v) is 2.67. The first-order valence-corrected chi connectivity index (χ1v) is 5.69. The zero-order chi connectivity index (χ0) is 10.4. The summed E-state index contributed by atoms with van der Waals surface area (Å²) in [6.07, 6.45) is 8.31. The monoisotopic (exact) mass is 197 g/mol. The lowest BCUT2D eigenvalue weighted by atomic mass is 10.1. The number of hydrogen-bond acceptors (Lipinski definition) is 2. The summed E-state index contributed by atoms with van der Waals surface area (Å²) < 4.78 is 0. The molecule has 2 heteroatoms. The van der Waals surface area contributed by atoms with Crippen molar-refractivity contribution in [1.29, 1.82) is 0 Å². The summed E-state index contributed by atoms with van der Waals surface area (Å²) in [5.41, 5.74) is 1.08. The van der Waals surface area contributed by atoms with Gasteiger partial charge in [-0.3, -0.25) is 0 Å². The normalized spacial score (nSPS) is 17.2. The molecule has 0 aromatic heterocycles. The fourth-order valence-corrected chi connectivity index (χ4v) is 1.73. The van der Waals surface area contributed by atoms with Crippen molar-refractivity contribution in [2.24, 2.45) is 0 Å². The van der Waals surface area contributed by atoms with Gasteiger partial charge in [0, 0.05) is 0 Å². The molecule has 0 saturated carbocycles. The molecule has 82 valence electrons. The lowest BCUT2D eigenvalue weighted by Gasteiger charge is -2.16. The van der Waals surface area contributed by atoms with Crippen LogP contribution >= 0.6 is 0 Å². The second-order valence-electron chi connectivity index (χ2n) is 4.82. The number of rotatable bonds is 6. The average Bonchev–Trinajstić information content (AvgIpc) is 2.54. The summed E-state index contributed by atoms with van der Waals surface area (Å²) in [5.74, 6) is 0. The Morgan fingerprint density at radius 2 is 2.21 bits per heavy atom. The summed E-state index contributed by atoms with van der Waals surface area (Å²) in [6, 6.07) is 0. The molecule has 0 radical (unpaired) electrons. The predicted octanol–water partition coefficient (Wildman–Crippen LogP) is 2.24. The van der Waals surface area contributed by atoms with Crippen molar-refractivity contribution in [1.82, 2.24) is 5.32 Å². The molecule has 0 aliphatic heterocycles. The molecule has 0 bridgehead atoms. The van der Waals surface area contributed by atoms with Crippen LogP contribution in [0.25, 0.3) is 0 Å². The van der Waals surface area contributed by atoms with Crippen LogP contribution in [0.15, 0.2) is 11.6 Å². The van der Waals surface area contributed by atoms with Gasteiger partial charge in [0.1, 0.15) is 0 Å². The Morgan fingerprint density at radius 1 is 1.43 bits per heavy atom. The molecule has 0 aromatic carbocycles. The van der Waals surface area contributed by atoms with Crippen molar-refractivity contribution >= 4 is 0 Å². The highest BCUT2D eigenvalue weighted by molar-refractivity contribution is 5.07. The van der Waals surface area contributed by atoms with Gasteiger partial charge in [-0.25, -0.2) is 0 Å². The van der Waals surface area contributed by atoms with Crippen molar-refractivity contribution in [3.63, 3.8) is 0 Å². The van der Waals surface area contributed by atoms with Crippen LogP contribution in [0.2, 0.25) is 0 Å². The SMILES string of the molecule is CC(C)(O)CCNCCC1=CCCC1. The van der Waals surface area contributed by atoms with E-state index in [1.807, 2.05) is 13.8 Å². The highest BCUT2D eigenvalue weighted by Gasteiger charge is 2.11. The molecule has 0 spiro atoms. The van der Waals surface area contributed by atoms with E-state index in [4.69, 9.17) is 0 Å². The number of allylic oxidation sites excluding steroid dienone is 1. The molecule has 0 aromatic rings. The Labute approximate surface area is 87.4 Å². The van der Waals surface area contributed by atoms with E-state index in [0.717, 1.165) is 19.5 Å². The molecule has 0 fully saturated rings. The molecular weight excluding hydrogens is 174 g/mol. The fourth-order valence-electron chi connectivity index (χ4n) is 1.73. The van der Waals surface area contributed by atoms with Crippen LogP contribution in [0.5, 0.6) is 0 Å². The Kier molecular flexibility index (Phi) is 4.63. The van der Waals surface area contributed by atoms with Crippen molar-refractivity contribution in [3.05, 3.63) is 11.6 Å². The van der Waals surface area contributed by atoms with Crippen molar-refractivity contribution in [2.75, 3.05) is 13.1 Å². The van der Waals surface area contributed by atoms with E-state index >= 15 is 0 Å². The number of hydrogen-bond donors (Lipinski definition) is 2. The smallest absolute Gasteiger partial charge is 0.0603 e. The second-order valence-corrected chi connectivity index (χ2v) is 4.82. The number of aliphatic hydroxyl groups is 1. The van der Waals surface area contributed by atoms with Gasteiger partial charge in [0.2, 0.25) is 0 Å². The Hall–Kier alpha value is -0.340. The second kappa shape index (κ2) is 5.52. The Balaban J connectivity index is 1.94. The first-order chi connectivity index (χ1) is 6.58. The van der Waals surface area contributed by atoms with E-state index in [1.54, 1.807) is 5.57 Å². The molecule has 1 aliphatic rings. The van der Waals surface area contributed by atoms with Gasteiger partial charge < -0.3 is 10.4 Å². The predicted molar refractivity (Wildman–Crippen MR) is 60.3 cm³/mol. The molecule has 0 unspecified atom stereocenters. The molecule has 0 atom stereocenters. The average molecular weight is 197 g/mol. The molecule has 0 heterocycles. The molecule has 2 nitrogen and oxygen atoms in total. The quantitative estimate of drug-likeness (QED) is 0.505. The van der Waals surface area contributed by atoms with Crippen LogP contribution < -0.4 is 5.32 Å². The fraction of sp³-hybridized carbons (Fsp3) is 0.833. The summed E-state index contributed by atoms with van der Waals surface area (Å²) in [7, 11) is 0. The minimum atomic E-state index is -0.528. The van der Waals surface area contributed by atoms with E-state index in [2.05, 4.69) is 11.4 Å². The molecule has 0 saturated heterocycles. The van der Waals surface area contributed by atoms with Crippen molar-refractivity contribution in [2.45, 2.75) is 51.6 Å². The maximum atomic E-state index is 9.48. The summed E-state index contributed by atoms with van der Waals surface area (Å²) in [5, 5.41) is 12.8. The summed E-state index contributed by atoms with van der Waals surface area (Å²) in [4.78, 5) is 0. The van der Waals surface area contributed by atoms with E-state index < -0.39 is 5.60 Å². The van der Waals surface area contributed by atoms with Crippen molar-refractivity contribution < 1.29 is 5.11 Å². The van der Waals surface area contributed by atoms with Gasteiger partial charge in [-0.05, 0) is 59.0 Å². The summed E-state index contributed by atoms with van der Waals surface area (Å²) in [6.45, 7) is 5.68. The van der Waals surface area contributed by atoms with Gasteiger partial charge >= 0.3 is 0 Å². The van der Waals surface area contributed by atoms with E-state index in [-0.39, 0.29) is 0 Å². The maximum Gasteiger partial charge on any atom is 0.0603 e. The standard InChI is InChI=1S/C12H23NO/c1-12(2,14)8-10-13-9-7-11-5-3-4-6-11/h5,13-14H,3-4,6-10H2,1-2H3. The zero-order valence-electron chi connectivity index (χ0n) is 9.47. The van der Waals surface area contributed by atoms with Gasteiger partial charge in [-0.15, -0.1) is 0 Å². The lowest BCUT2D eigenvalue weighted by molar-refractivity contribution is 0.0713. The minimum Gasteiger partial charge on any atom is -0.390 e. The van der Waals surface area contributed by atoms with Crippen LogP contribution in [0.4, 0.5) is 0 Å². The molecular formula is C12H23NO. The Bertz CT molecular complexity index is 191. The van der Waals surface area contributed by atoms with Crippen LogP contribution in [-0.2, 0) is 0 Å². The van der Waals surface area contributed by atoms with Gasteiger partial charge in [0.05, 0.1) is 5.60 Å². The largest absolute Gasteiger partial charge is 0.390 e. The third-order valence-electron chi connectivity index (χ3n) is 2.67. The topological polar surface area (TPSA) is 32.3 Å². The van der Waals surface area contributed by atoms with E-state index in [9.17, 15) is 5.11 Å². The Morgan fingerprint density at radius 3 is 2.79 bits per heavy atom. The van der Waals surface area contributed by atoms with Crippen LogP contribution in [0.1, 0.15) is 46.0 Å². The maximum absolute atomic E-state index is 9.48. The molecule has 1 rings (SSSR count). The molecule has 1 aliphatic carbocycles. The lowest BCUT2D eigenvalue weighted by Crippen LogP contribution is -2.27. The van der Waals surface area contributed by atoms with E-state index in [0.29, 0.717) is 0 Å². The molecule has 2 N–H and O–H groups in total. The first kappa shape index (κ1) is 11.7. The van der Waals surface area contributed by atoms with Crippen LogP contribution in [0.3, 0.4) is 0 Å². The van der Waals surface area contributed by atoms with E-state index in [1.165, 1.54) is 25.7 Å². The van der Waals surface area contributed by atoms with Crippen molar-refractivity contribution in [3.8, 4) is 0 Å². The van der Waals surface area contributed by atoms with Gasteiger partial charge in [-0.1, -0.05) is 11.6 Å². The van der Waals surface area contributed by atoms with Gasteiger partial charge in [0.25, 0.3) is 0 Å². The zero-order valence-corrected chi connectivity index (χ0v) is 9.47. The van der Waals surface area contributed by atoms with Gasteiger partial charge in [0.15, 0.2) is 0 Å².